The highest BCUT2D eigenvalue weighted by Gasteiger charge is 2.21. The maximum Gasteiger partial charge on any atom is 0.321 e. The summed E-state index contributed by atoms with van der Waals surface area (Å²) in [6, 6.07) is -0.843. The fraction of sp³-hybridized carbons (Fsp3) is 0.923. The molecule has 0 rings (SSSR count). The standard InChI is InChI=1S/C26H51NO4/c1-3-5-7-9-11-12-13-14-15-16-17-19-21-27-24(26(29)30)23-25(28)31-22-20-18-10-8-6-4-2/h24,27H,3-23H2,1-2H3,(H,29,30). The van der Waals surface area contributed by atoms with Crippen molar-refractivity contribution in [2.75, 3.05) is 13.2 Å². The molecule has 0 aromatic carbocycles. The first-order valence-electron chi connectivity index (χ1n) is 13.2. The number of rotatable bonds is 24. The van der Waals surface area contributed by atoms with E-state index in [0.29, 0.717) is 13.2 Å². The zero-order valence-electron chi connectivity index (χ0n) is 20.6. The second-order valence-electron chi connectivity index (χ2n) is 8.93. The average Bonchev–Trinajstić information content (AvgIpc) is 2.75. The highest BCUT2D eigenvalue weighted by Crippen LogP contribution is 2.12. The smallest absolute Gasteiger partial charge is 0.321 e. The van der Waals surface area contributed by atoms with Gasteiger partial charge in [-0.05, 0) is 19.4 Å². The third-order valence-electron chi connectivity index (χ3n) is 5.85. The third kappa shape index (κ3) is 21.9. The number of unbranched alkanes of at least 4 members (excludes halogenated alkanes) is 16. The van der Waals surface area contributed by atoms with Crippen LogP contribution in [0.3, 0.4) is 0 Å². The second kappa shape index (κ2) is 23.6. The molecule has 0 amide bonds. The highest BCUT2D eigenvalue weighted by molar-refractivity contribution is 5.81. The van der Waals surface area contributed by atoms with Crippen LogP contribution in [0.1, 0.15) is 136 Å². The predicted molar refractivity (Wildman–Crippen MR) is 129 cm³/mol. The molecule has 0 heterocycles. The van der Waals surface area contributed by atoms with Crippen LogP contribution in [0.2, 0.25) is 0 Å². The van der Waals surface area contributed by atoms with Crippen LogP contribution in [0.25, 0.3) is 0 Å². The summed E-state index contributed by atoms with van der Waals surface area (Å²) in [6.45, 7) is 5.48. The number of aliphatic carboxylic acids is 1. The number of carbonyl (C=O) groups is 2. The van der Waals surface area contributed by atoms with Crippen molar-refractivity contribution >= 4 is 11.9 Å². The Morgan fingerprint density at radius 3 is 1.55 bits per heavy atom. The summed E-state index contributed by atoms with van der Waals surface area (Å²) in [6.07, 6.45) is 22.1. The van der Waals surface area contributed by atoms with Gasteiger partial charge in [0.2, 0.25) is 0 Å². The van der Waals surface area contributed by atoms with Gasteiger partial charge in [0.05, 0.1) is 13.0 Å². The molecule has 2 N–H and O–H groups in total. The van der Waals surface area contributed by atoms with Crippen LogP contribution in [0.15, 0.2) is 0 Å². The van der Waals surface area contributed by atoms with Crippen LogP contribution in [-0.4, -0.2) is 36.2 Å². The van der Waals surface area contributed by atoms with Crippen molar-refractivity contribution in [2.24, 2.45) is 0 Å². The molecule has 5 nitrogen and oxygen atoms in total. The molecule has 31 heavy (non-hydrogen) atoms. The lowest BCUT2D eigenvalue weighted by Gasteiger charge is -2.14. The van der Waals surface area contributed by atoms with E-state index in [2.05, 4.69) is 19.2 Å². The summed E-state index contributed by atoms with van der Waals surface area (Å²) in [5.74, 6) is -1.39. The van der Waals surface area contributed by atoms with Gasteiger partial charge >= 0.3 is 11.9 Å². The SMILES string of the molecule is CCCCCCCCCCCCCCNC(CC(=O)OCCCCCCCC)C(=O)O. The Morgan fingerprint density at radius 1 is 0.677 bits per heavy atom. The minimum Gasteiger partial charge on any atom is -0.480 e. The summed E-state index contributed by atoms with van der Waals surface area (Å²) in [5.41, 5.74) is 0. The molecule has 0 aliphatic rings. The molecule has 0 radical (unpaired) electrons. The van der Waals surface area contributed by atoms with Crippen molar-refractivity contribution in [3.63, 3.8) is 0 Å². The molecule has 0 bridgehead atoms. The lowest BCUT2D eigenvalue weighted by atomic mass is 10.1. The first-order valence-corrected chi connectivity index (χ1v) is 13.2. The molecule has 0 aliphatic carbocycles. The molecular weight excluding hydrogens is 390 g/mol. The minimum absolute atomic E-state index is 0.0938. The fourth-order valence-electron chi connectivity index (χ4n) is 3.78. The zero-order valence-corrected chi connectivity index (χ0v) is 20.6. The van der Waals surface area contributed by atoms with E-state index in [1.54, 1.807) is 0 Å². The number of ether oxygens (including phenoxy) is 1. The monoisotopic (exact) mass is 441 g/mol. The van der Waals surface area contributed by atoms with Crippen molar-refractivity contribution in [2.45, 2.75) is 142 Å². The number of carbonyl (C=O) groups excluding carboxylic acids is 1. The third-order valence-corrected chi connectivity index (χ3v) is 5.85. The molecule has 0 fully saturated rings. The van der Waals surface area contributed by atoms with E-state index in [1.165, 1.54) is 89.9 Å². The second-order valence-corrected chi connectivity index (χ2v) is 8.93. The molecule has 1 unspecified atom stereocenters. The van der Waals surface area contributed by atoms with Gasteiger partial charge in [-0.15, -0.1) is 0 Å². The molecule has 0 aliphatic heterocycles. The number of carboxylic acids is 1. The van der Waals surface area contributed by atoms with Crippen LogP contribution in [0.4, 0.5) is 0 Å². The zero-order chi connectivity index (χ0) is 23.0. The fourth-order valence-corrected chi connectivity index (χ4v) is 3.78. The van der Waals surface area contributed by atoms with Gasteiger partial charge in [-0.2, -0.15) is 0 Å². The lowest BCUT2D eigenvalue weighted by Crippen LogP contribution is -2.39. The first-order chi connectivity index (χ1) is 15.1. The predicted octanol–water partition coefficient (Wildman–Crippen LogP) is 7.02. The van der Waals surface area contributed by atoms with E-state index in [-0.39, 0.29) is 6.42 Å². The molecule has 0 saturated carbocycles. The van der Waals surface area contributed by atoms with E-state index in [4.69, 9.17) is 4.74 Å². The molecule has 0 spiro atoms. The Labute approximate surface area is 192 Å². The topological polar surface area (TPSA) is 75.6 Å². The summed E-state index contributed by atoms with van der Waals surface area (Å²) >= 11 is 0. The maximum atomic E-state index is 11.9. The molecule has 1 atom stereocenters. The Morgan fingerprint density at radius 2 is 1.10 bits per heavy atom. The Bertz CT molecular complexity index is 414. The molecule has 0 aromatic heterocycles. The van der Waals surface area contributed by atoms with Gasteiger partial charge < -0.3 is 15.2 Å². The number of hydrogen-bond donors (Lipinski definition) is 2. The van der Waals surface area contributed by atoms with E-state index in [1.807, 2.05) is 0 Å². The molecular formula is C26H51NO4. The largest absolute Gasteiger partial charge is 0.480 e. The summed E-state index contributed by atoms with van der Waals surface area (Å²) in [4.78, 5) is 23.3. The van der Waals surface area contributed by atoms with E-state index < -0.39 is 18.0 Å². The normalized spacial score (nSPS) is 12.1. The average molecular weight is 442 g/mol. The summed E-state index contributed by atoms with van der Waals surface area (Å²) in [7, 11) is 0. The van der Waals surface area contributed by atoms with Gasteiger partial charge in [0.1, 0.15) is 6.04 Å². The van der Waals surface area contributed by atoms with Crippen LogP contribution < -0.4 is 5.32 Å². The van der Waals surface area contributed by atoms with Crippen LogP contribution in [0, 0.1) is 0 Å². The van der Waals surface area contributed by atoms with Crippen molar-refractivity contribution in [3.8, 4) is 0 Å². The number of esters is 1. The number of nitrogens with one attached hydrogen (secondary N) is 1. The summed E-state index contributed by atoms with van der Waals surface area (Å²) in [5, 5.41) is 12.3. The Balaban J connectivity index is 3.59. The van der Waals surface area contributed by atoms with Crippen LogP contribution >= 0.6 is 0 Å². The lowest BCUT2D eigenvalue weighted by molar-refractivity contribution is -0.149. The molecule has 0 saturated heterocycles. The Hall–Kier alpha value is -1.10. The van der Waals surface area contributed by atoms with Crippen molar-refractivity contribution in [1.29, 1.82) is 0 Å². The Kier molecular flexibility index (Phi) is 22.7. The molecule has 0 aromatic rings. The van der Waals surface area contributed by atoms with E-state index in [0.717, 1.165) is 25.7 Å². The number of hydrogen-bond acceptors (Lipinski definition) is 4. The van der Waals surface area contributed by atoms with Crippen molar-refractivity contribution < 1.29 is 19.4 Å². The van der Waals surface area contributed by atoms with Crippen LogP contribution in [0.5, 0.6) is 0 Å². The van der Waals surface area contributed by atoms with Gasteiger partial charge in [-0.1, -0.05) is 117 Å². The minimum atomic E-state index is -0.976. The van der Waals surface area contributed by atoms with Gasteiger partial charge in [0.15, 0.2) is 0 Å². The quantitative estimate of drug-likeness (QED) is 0.124. The van der Waals surface area contributed by atoms with Crippen molar-refractivity contribution in [1.82, 2.24) is 5.32 Å². The maximum absolute atomic E-state index is 11.9. The number of carboxylic acid groups (broad SMARTS) is 1. The van der Waals surface area contributed by atoms with Gasteiger partial charge in [0, 0.05) is 0 Å². The van der Waals surface area contributed by atoms with Gasteiger partial charge in [-0.3, -0.25) is 9.59 Å². The van der Waals surface area contributed by atoms with Gasteiger partial charge in [-0.25, -0.2) is 0 Å². The van der Waals surface area contributed by atoms with Gasteiger partial charge in [0.25, 0.3) is 0 Å². The van der Waals surface area contributed by atoms with Crippen molar-refractivity contribution in [3.05, 3.63) is 0 Å². The first kappa shape index (κ1) is 29.9. The molecule has 184 valence electrons. The highest BCUT2D eigenvalue weighted by atomic mass is 16.5. The summed E-state index contributed by atoms with van der Waals surface area (Å²) < 4.78 is 5.21. The van der Waals surface area contributed by atoms with Crippen LogP contribution in [-0.2, 0) is 14.3 Å². The van der Waals surface area contributed by atoms with E-state index in [9.17, 15) is 14.7 Å². The molecule has 5 heteroatoms. The van der Waals surface area contributed by atoms with E-state index >= 15 is 0 Å².